The highest BCUT2D eigenvalue weighted by atomic mass is 16.3. The molecule has 0 unspecified atom stereocenters. The summed E-state index contributed by atoms with van der Waals surface area (Å²) in [5, 5.41) is 5.61. The Balaban J connectivity index is 1.85. The lowest BCUT2D eigenvalue weighted by Gasteiger charge is -2.08. The molecule has 0 radical (unpaired) electrons. The van der Waals surface area contributed by atoms with Crippen LogP contribution in [0.5, 0.6) is 0 Å². The van der Waals surface area contributed by atoms with E-state index in [2.05, 4.69) is 45.8 Å². The SMILES string of the molecule is c1ccc2c(c1)nc1c3ccncc3c3cc4c(cc3n21)oc1ccccc14. The number of imidazole rings is 1. The van der Waals surface area contributed by atoms with E-state index in [0.29, 0.717) is 0 Å². The quantitative estimate of drug-likeness (QED) is 0.308. The number of furan rings is 1. The molecule has 0 fully saturated rings. The molecule has 28 heavy (non-hydrogen) atoms. The molecule has 0 aliphatic rings. The van der Waals surface area contributed by atoms with Crippen molar-refractivity contribution in [2.75, 3.05) is 0 Å². The molecule has 4 heteroatoms. The van der Waals surface area contributed by atoms with Gasteiger partial charge in [0.05, 0.1) is 16.6 Å². The fourth-order valence-electron chi connectivity index (χ4n) is 4.42. The summed E-state index contributed by atoms with van der Waals surface area (Å²) in [5.41, 5.74) is 5.89. The van der Waals surface area contributed by atoms with Gasteiger partial charge in [-0.05, 0) is 30.3 Å². The molecule has 4 nitrogen and oxygen atoms in total. The first-order valence-corrected chi connectivity index (χ1v) is 9.26. The summed E-state index contributed by atoms with van der Waals surface area (Å²) in [5.74, 6) is 0. The highest BCUT2D eigenvalue weighted by molar-refractivity contribution is 6.18. The molecule has 0 saturated heterocycles. The molecule has 0 N–H and O–H groups in total. The summed E-state index contributed by atoms with van der Waals surface area (Å²) in [6, 6.07) is 22.8. The normalized spacial score (nSPS) is 12.3. The maximum atomic E-state index is 6.16. The number of nitrogens with zero attached hydrogens (tertiary/aromatic N) is 3. The van der Waals surface area contributed by atoms with E-state index in [9.17, 15) is 0 Å². The van der Waals surface area contributed by atoms with Gasteiger partial charge < -0.3 is 4.42 Å². The molecule has 0 aliphatic carbocycles. The second kappa shape index (κ2) is 4.87. The van der Waals surface area contributed by atoms with E-state index < -0.39 is 0 Å². The monoisotopic (exact) mass is 359 g/mol. The maximum absolute atomic E-state index is 6.16. The van der Waals surface area contributed by atoms with Gasteiger partial charge >= 0.3 is 0 Å². The third-order valence-corrected chi connectivity index (χ3v) is 5.65. The lowest BCUT2D eigenvalue weighted by atomic mass is 10.0. The minimum absolute atomic E-state index is 0.885. The first-order chi connectivity index (χ1) is 13.9. The number of hydrogen-bond donors (Lipinski definition) is 0. The van der Waals surface area contributed by atoms with Crippen LogP contribution in [0.25, 0.3) is 60.3 Å². The minimum atomic E-state index is 0.885. The van der Waals surface area contributed by atoms with Crippen molar-refractivity contribution in [1.29, 1.82) is 0 Å². The molecule has 0 bridgehead atoms. The molecule has 3 aromatic carbocycles. The van der Waals surface area contributed by atoms with Gasteiger partial charge in [0.2, 0.25) is 0 Å². The Morgan fingerprint density at radius 2 is 1.57 bits per heavy atom. The van der Waals surface area contributed by atoms with Crippen LogP contribution in [-0.2, 0) is 0 Å². The topological polar surface area (TPSA) is 43.3 Å². The fraction of sp³-hybridized carbons (Fsp3) is 0. The average Bonchev–Trinajstić information content (AvgIpc) is 3.31. The zero-order chi connectivity index (χ0) is 18.2. The molecule has 0 aliphatic heterocycles. The van der Waals surface area contributed by atoms with Crippen LogP contribution >= 0.6 is 0 Å². The van der Waals surface area contributed by atoms with Crippen molar-refractivity contribution < 1.29 is 4.42 Å². The standard InChI is InChI=1S/C24H13N3O/c1-4-8-22-14(5-1)17-11-16-18-13-25-10-9-15(18)24-26-19-6-2-3-7-20(19)27(24)21(16)12-23(17)28-22/h1-13H. The highest BCUT2D eigenvalue weighted by Gasteiger charge is 2.16. The van der Waals surface area contributed by atoms with E-state index in [1.165, 1.54) is 0 Å². The van der Waals surface area contributed by atoms with Crippen molar-refractivity contribution in [3.05, 3.63) is 79.1 Å². The van der Waals surface area contributed by atoms with Crippen molar-refractivity contribution in [2.45, 2.75) is 0 Å². The van der Waals surface area contributed by atoms with Crippen LogP contribution in [-0.4, -0.2) is 14.4 Å². The van der Waals surface area contributed by atoms with E-state index in [4.69, 9.17) is 9.40 Å². The Morgan fingerprint density at radius 3 is 2.57 bits per heavy atom. The highest BCUT2D eigenvalue weighted by Crippen LogP contribution is 2.37. The van der Waals surface area contributed by atoms with E-state index in [1.54, 1.807) is 0 Å². The first-order valence-electron chi connectivity index (χ1n) is 9.26. The Bertz CT molecular complexity index is 1720. The van der Waals surface area contributed by atoms with Crippen molar-refractivity contribution in [1.82, 2.24) is 14.4 Å². The van der Waals surface area contributed by atoms with Gasteiger partial charge in [0, 0.05) is 45.4 Å². The molecule has 0 saturated carbocycles. The smallest absolute Gasteiger partial charge is 0.146 e. The number of benzene rings is 3. The van der Waals surface area contributed by atoms with E-state index in [0.717, 1.165) is 60.3 Å². The average molecular weight is 359 g/mol. The molecule has 0 atom stereocenters. The Labute approximate surface area is 158 Å². The van der Waals surface area contributed by atoms with Crippen molar-refractivity contribution >= 4 is 60.3 Å². The van der Waals surface area contributed by atoms with Crippen LogP contribution in [0.15, 0.2) is 83.5 Å². The van der Waals surface area contributed by atoms with Gasteiger partial charge in [-0.2, -0.15) is 0 Å². The van der Waals surface area contributed by atoms with Crippen molar-refractivity contribution in [3.8, 4) is 0 Å². The summed E-state index contributed by atoms with van der Waals surface area (Å²) in [4.78, 5) is 9.31. The van der Waals surface area contributed by atoms with Crippen LogP contribution < -0.4 is 0 Å². The second-order valence-electron chi connectivity index (χ2n) is 7.14. The predicted octanol–water partition coefficient (Wildman–Crippen LogP) is 6.09. The summed E-state index contributed by atoms with van der Waals surface area (Å²) in [6.07, 6.45) is 3.77. The van der Waals surface area contributed by atoms with E-state index in [1.807, 2.05) is 42.7 Å². The van der Waals surface area contributed by atoms with Crippen LogP contribution in [0.2, 0.25) is 0 Å². The number of fused-ring (bicyclic) bond motifs is 11. The van der Waals surface area contributed by atoms with Crippen LogP contribution in [0.3, 0.4) is 0 Å². The summed E-state index contributed by atoms with van der Waals surface area (Å²) in [7, 11) is 0. The first kappa shape index (κ1) is 14.2. The lowest BCUT2D eigenvalue weighted by Crippen LogP contribution is -1.92. The van der Waals surface area contributed by atoms with Crippen molar-refractivity contribution in [3.63, 3.8) is 0 Å². The lowest BCUT2D eigenvalue weighted by molar-refractivity contribution is 0.669. The van der Waals surface area contributed by atoms with E-state index in [-0.39, 0.29) is 0 Å². The van der Waals surface area contributed by atoms with Gasteiger partial charge in [-0.1, -0.05) is 30.3 Å². The largest absolute Gasteiger partial charge is 0.456 e. The van der Waals surface area contributed by atoms with Crippen LogP contribution in [0.1, 0.15) is 0 Å². The second-order valence-corrected chi connectivity index (χ2v) is 7.14. The van der Waals surface area contributed by atoms with Crippen LogP contribution in [0.4, 0.5) is 0 Å². The Kier molecular flexibility index (Phi) is 2.46. The number of pyridine rings is 2. The molecular formula is C24H13N3O. The Hall–Kier alpha value is -3.92. The zero-order valence-electron chi connectivity index (χ0n) is 14.8. The van der Waals surface area contributed by atoms with E-state index >= 15 is 0 Å². The summed E-state index contributed by atoms with van der Waals surface area (Å²) in [6.45, 7) is 0. The molecule has 4 aromatic heterocycles. The van der Waals surface area contributed by atoms with Crippen molar-refractivity contribution in [2.24, 2.45) is 0 Å². The minimum Gasteiger partial charge on any atom is -0.456 e. The summed E-state index contributed by atoms with van der Waals surface area (Å²) < 4.78 is 8.40. The number of rotatable bonds is 0. The third-order valence-electron chi connectivity index (χ3n) is 5.65. The predicted molar refractivity (Wildman–Crippen MR) is 113 cm³/mol. The van der Waals surface area contributed by atoms with Gasteiger partial charge in [-0.25, -0.2) is 4.98 Å². The molecular weight excluding hydrogens is 346 g/mol. The molecule has 0 spiro atoms. The molecule has 7 aromatic rings. The van der Waals surface area contributed by atoms with Gasteiger partial charge in [0.1, 0.15) is 16.8 Å². The maximum Gasteiger partial charge on any atom is 0.146 e. The zero-order valence-corrected chi connectivity index (χ0v) is 14.8. The van der Waals surface area contributed by atoms with Gasteiger partial charge in [-0.3, -0.25) is 9.38 Å². The van der Waals surface area contributed by atoms with Gasteiger partial charge in [0.15, 0.2) is 0 Å². The number of aromatic nitrogens is 3. The molecule has 4 heterocycles. The molecule has 130 valence electrons. The van der Waals surface area contributed by atoms with Gasteiger partial charge in [0.25, 0.3) is 0 Å². The molecule has 0 amide bonds. The van der Waals surface area contributed by atoms with Crippen LogP contribution in [0, 0.1) is 0 Å². The number of para-hydroxylation sites is 3. The summed E-state index contributed by atoms with van der Waals surface area (Å²) >= 11 is 0. The van der Waals surface area contributed by atoms with Gasteiger partial charge in [-0.15, -0.1) is 0 Å². The fourth-order valence-corrected chi connectivity index (χ4v) is 4.42. The number of hydrogen-bond acceptors (Lipinski definition) is 3. The Morgan fingerprint density at radius 1 is 0.679 bits per heavy atom. The third kappa shape index (κ3) is 1.65. The molecule has 7 rings (SSSR count).